The minimum atomic E-state index is -0.480. The number of carbonyl (C=O) groups is 2. The van der Waals surface area contributed by atoms with Gasteiger partial charge in [-0.25, -0.2) is 4.98 Å². The van der Waals surface area contributed by atoms with Crippen molar-refractivity contribution in [1.82, 2.24) is 10.3 Å². The Morgan fingerprint density at radius 3 is 2.60 bits per heavy atom. The molecule has 1 heterocycles. The second kappa shape index (κ2) is 5.91. The van der Waals surface area contributed by atoms with E-state index in [1.54, 1.807) is 0 Å². The Kier molecular flexibility index (Phi) is 4.42. The van der Waals surface area contributed by atoms with E-state index < -0.39 is 5.91 Å². The van der Waals surface area contributed by atoms with E-state index in [-0.39, 0.29) is 17.4 Å². The molecule has 1 aromatic rings. The van der Waals surface area contributed by atoms with E-state index in [1.807, 2.05) is 13.8 Å². The first-order valence-corrected chi connectivity index (χ1v) is 7.80. The molecular weight excluding hydrogens is 274 g/mol. The number of nitrogens with zero attached hydrogens (tertiary/aromatic N) is 1. The van der Waals surface area contributed by atoms with Crippen molar-refractivity contribution in [2.45, 2.75) is 52.0 Å². The highest BCUT2D eigenvalue weighted by Gasteiger charge is 2.35. The van der Waals surface area contributed by atoms with Crippen LogP contribution >= 0.6 is 11.3 Å². The first-order chi connectivity index (χ1) is 9.42. The van der Waals surface area contributed by atoms with Gasteiger partial charge in [0, 0.05) is 5.41 Å². The minimum absolute atomic E-state index is 0.0838. The number of nitrogens with two attached hydrogens (primary N) is 1. The average Bonchev–Trinajstić information content (AvgIpc) is 2.89. The smallest absolute Gasteiger partial charge is 0.260 e. The van der Waals surface area contributed by atoms with Crippen LogP contribution < -0.4 is 11.1 Å². The van der Waals surface area contributed by atoms with Crippen LogP contribution in [-0.2, 0) is 4.79 Å². The third-order valence-corrected chi connectivity index (χ3v) is 5.18. The summed E-state index contributed by atoms with van der Waals surface area (Å²) in [5.41, 5.74) is 4.94. The lowest BCUT2D eigenvalue weighted by molar-refractivity contribution is -0.132. The van der Waals surface area contributed by atoms with Crippen molar-refractivity contribution < 1.29 is 9.59 Å². The van der Waals surface area contributed by atoms with E-state index in [0.717, 1.165) is 25.7 Å². The number of rotatable bonds is 4. The minimum Gasteiger partial charge on any atom is -0.365 e. The lowest BCUT2D eigenvalue weighted by Gasteiger charge is -2.32. The van der Waals surface area contributed by atoms with Gasteiger partial charge in [-0.05, 0) is 19.8 Å². The van der Waals surface area contributed by atoms with Gasteiger partial charge in [-0.2, -0.15) is 0 Å². The zero-order valence-corrected chi connectivity index (χ0v) is 12.8. The number of primary amides is 1. The molecule has 6 heteroatoms. The molecule has 1 unspecified atom stereocenters. The standard InChI is InChI=1S/C14H21N3O2S/c1-9(12-16-8-10(20-12)11(15)18)17-13(19)14(2)6-4-3-5-7-14/h8-9H,3-7H2,1-2H3,(H2,15,18)(H,17,19). The fourth-order valence-electron chi connectivity index (χ4n) is 2.59. The van der Waals surface area contributed by atoms with Gasteiger partial charge in [0.15, 0.2) is 0 Å². The van der Waals surface area contributed by atoms with Crippen molar-refractivity contribution in [3.63, 3.8) is 0 Å². The topological polar surface area (TPSA) is 85.1 Å². The molecule has 1 atom stereocenters. The van der Waals surface area contributed by atoms with Crippen LogP contribution in [-0.4, -0.2) is 16.8 Å². The quantitative estimate of drug-likeness (QED) is 0.894. The molecule has 0 saturated heterocycles. The first kappa shape index (κ1) is 15.0. The van der Waals surface area contributed by atoms with Crippen LogP contribution in [0.3, 0.4) is 0 Å². The zero-order valence-electron chi connectivity index (χ0n) is 11.9. The Balaban J connectivity index is 2.01. The maximum Gasteiger partial charge on any atom is 0.260 e. The van der Waals surface area contributed by atoms with Gasteiger partial charge in [-0.1, -0.05) is 26.2 Å². The van der Waals surface area contributed by atoms with Gasteiger partial charge in [0.2, 0.25) is 5.91 Å². The van der Waals surface area contributed by atoms with Crippen molar-refractivity contribution in [2.24, 2.45) is 11.1 Å². The van der Waals surface area contributed by atoms with E-state index in [9.17, 15) is 9.59 Å². The van der Waals surface area contributed by atoms with Crippen molar-refractivity contribution in [2.75, 3.05) is 0 Å². The molecule has 2 amide bonds. The average molecular weight is 295 g/mol. The Hall–Kier alpha value is -1.43. The number of hydrogen-bond donors (Lipinski definition) is 2. The van der Waals surface area contributed by atoms with Crippen LogP contribution in [0.2, 0.25) is 0 Å². The molecular formula is C14H21N3O2S. The molecule has 0 radical (unpaired) electrons. The van der Waals surface area contributed by atoms with E-state index in [2.05, 4.69) is 10.3 Å². The maximum atomic E-state index is 12.4. The van der Waals surface area contributed by atoms with Crippen molar-refractivity contribution in [3.05, 3.63) is 16.1 Å². The molecule has 5 nitrogen and oxygen atoms in total. The largest absolute Gasteiger partial charge is 0.365 e. The first-order valence-electron chi connectivity index (χ1n) is 6.99. The van der Waals surface area contributed by atoms with Crippen LogP contribution in [0.4, 0.5) is 0 Å². The zero-order chi connectivity index (χ0) is 14.8. The van der Waals surface area contributed by atoms with Gasteiger partial charge in [0.25, 0.3) is 5.91 Å². The molecule has 2 rings (SSSR count). The van der Waals surface area contributed by atoms with E-state index in [4.69, 9.17) is 5.73 Å². The van der Waals surface area contributed by atoms with E-state index >= 15 is 0 Å². The highest BCUT2D eigenvalue weighted by Crippen LogP contribution is 2.36. The summed E-state index contributed by atoms with van der Waals surface area (Å²) < 4.78 is 0. The second-order valence-corrected chi connectivity index (χ2v) is 6.81. The summed E-state index contributed by atoms with van der Waals surface area (Å²) in [6, 6.07) is -0.195. The van der Waals surface area contributed by atoms with Gasteiger partial charge in [-0.15, -0.1) is 11.3 Å². The third kappa shape index (κ3) is 3.17. The summed E-state index contributed by atoms with van der Waals surface area (Å²) in [6.45, 7) is 3.92. The van der Waals surface area contributed by atoms with Gasteiger partial charge in [0.05, 0.1) is 12.2 Å². The molecule has 1 fully saturated rings. The van der Waals surface area contributed by atoms with E-state index in [1.165, 1.54) is 24.0 Å². The summed E-state index contributed by atoms with van der Waals surface area (Å²) in [6.07, 6.45) is 6.79. The number of hydrogen-bond acceptors (Lipinski definition) is 4. The molecule has 20 heavy (non-hydrogen) atoms. The van der Waals surface area contributed by atoms with E-state index in [0.29, 0.717) is 9.88 Å². The van der Waals surface area contributed by atoms with Crippen LogP contribution in [0.5, 0.6) is 0 Å². The molecule has 1 aliphatic carbocycles. The van der Waals surface area contributed by atoms with Gasteiger partial charge < -0.3 is 11.1 Å². The number of aromatic nitrogens is 1. The second-order valence-electron chi connectivity index (χ2n) is 5.74. The van der Waals surface area contributed by atoms with Crippen molar-refractivity contribution >= 4 is 23.2 Å². The van der Waals surface area contributed by atoms with Crippen LogP contribution in [0.1, 0.15) is 66.7 Å². The predicted octanol–water partition coefficient (Wildman–Crippen LogP) is 2.39. The Morgan fingerprint density at radius 2 is 2.05 bits per heavy atom. The Labute approximate surface area is 123 Å². The van der Waals surface area contributed by atoms with Crippen LogP contribution in [0.25, 0.3) is 0 Å². The molecule has 0 aromatic carbocycles. The number of nitrogens with one attached hydrogen (secondary N) is 1. The molecule has 0 spiro atoms. The fourth-order valence-corrected chi connectivity index (χ4v) is 3.37. The van der Waals surface area contributed by atoms with Crippen LogP contribution in [0, 0.1) is 5.41 Å². The summed E-state index contributed by atoms with van der Waals surface area (Å²) in [5, 5.41) is 3.73. The molecule has 0 aliphatic heterocycles. The summed E-state index contributed by atoms with van der Waals surface area (Å²) in [7, 11) is 0. The summed E-state index contributed by atoms with van der Waals surface area (Å²) in [5.74, 6) is -0.396. The number of carbonyl (C=O) groups excluding carboxylic acids is 2. The van der Waals surface area contributed by atoms with Gasteiger partial charge in [0.1, 0.15) is 9.88 Å². The van der Waals surface area contributed by atoms with Gasteiger partial charge >= 0.3 is 0 Å². The summed E-state index contributed by atoms with van der Waals surface area (Å²) in [4.78, 5) is 28.1. The molecule has 1 aromatic heterocycles. The number of amides is 2. The monoisotopic (exact) mass is 295 g/mol. The highest BCUT2D eigenvalue weighted by atomic mass is 32.1. The summed E-state index contributed by atoms with van der Waals surface area (Å²) >= 11 is 1.24. The Morgan fingerprint density at radius 1 is 1.40 bits per heavy atom. The number of thiazole rings is 1. The highest BCUT2D eigenvalue weighted by molar-refractivity contribution is 7.13. The fraction of sp³-hybridized carbons (Fsp3) is 0.643. The SMILES string of the molecule is CC(NC(=O)C1(C)CCCCC1)c1ncc(C(N)=O)s1. The van der Waals surface area contributed by atoms with Crippen molar-refractivity contribution in [3.8, 4) is 0 Å². The molecule has 0 bridgehead atoms. The Bertz CT molecular complexity index is 506. The molecule has 1 saturated carbocycles. The normalized spacial score (nSPS) is 19.3. The van der Waals surface area contributed by atoms with Gasteiger partial charge in [-0.3, -0.25) is 9.59 Å². The molecule has 110 valence electrons. The lowest BCUT2D eigenvalue weighted by atomic mass is 9.75. The third-order valence-electron chi connectivity index (χ3n) is 3.99. The predicted molar refractivity (Wildman–Crippen MR) is 78.4 cm³/mol. The lowest BCUT2D eigenvalue weighted by Crippen LogP contribution is -2.41. The van der Waals surface area contributed by atoms with Crippen LogP contribution in [0.15, 0.2) is 6.20 Å². The maximum absolute atomic E-state index is 12.4. The molecule has 1 aliphatic rings. The van der Waals surface area contributed by atoms with Crippen molar-refractivity contribution in [1.29, 1.82) is 0 Å². The molecule has 3 N–H and O–H groups in total.